The first-order valence-corrected chi connectivity index (χ1v) is 11.1. The SMILES string of the molecule is CCC1(NC(=O)C(=O)N(C)C)CCCCn2c1nc(C(=O)NCc1ccc(F)c(F)c1)c(O)c2=O. The van der Waals surface area contributed by atoms with Crippen LogP contribution in [0.15, 0.2) is 23.0 Å². The lowest BCUT2D eigenvalue weighted by atomic mass is 9.89. The van der Waals surface area contributed by atoms with Crippen molar-refractivity contribution in [3.63, 3.8) is 0 Å². The third-order valence-electron chi connectivity index (χ3n) is 6.02. The molecule has 3 amide bonds. The van der Waals surface area contributed by atoms with Crippen LogP contribution in [0.25, 0.3) is 0 Å². The van der Waals surface area contributed by atoms with Gasteiger partial charge in [-0.15, -0.1) is 0 Å². The maximum absolute atomic E-state index is 13.5. The number of aromatic hydroxyl groups is 1. The van der Waals surface area contributed by atoms with Crippen LogP contribution in [-0.2, 0) is 28.2 Å². The molecule has 3 N–H and O–H groups in total. The van der Waals surface area contributed by atoms with Crippen LogP contribution in [0.3, 0.4) is 0 Å². The average Bonchev–Trinajstić information content (AvgIpc) is 3.01. The molecule has 0 bridgehead atoms. The maximum atomic E-state index is 13.5. The molecule has 0 aliphatic carbocycles. The summed E-state index contributed by atoms with van der Waals surface area (Å²) < 4.78 is 27.8. The second kappa shape index (κ2) is 10.2. The van der Waals surface area contributed by atoms with Gasteiger partial charge < -0.3 is 20.6 Å². The Morgan fingerprint density at radius 3 is 2.54 bits per heavy atom. The summed E-state index contributed by atoms with van der Waals surface area (Å²) in [6.45, 7) is 1.73. The number of nitrogens with zero attached hydrogens (tertiary/aromatic N) is 3. The molecule has 35 heavy (non-hydrogen) atoms. The van der Waals surface area contributed by atoms with Gasteiger partial charge in [0.2, 0.25) is 5.75 Å². The molecular weight excluding hydrogens is 464 g/mol. The minimum atomic E-state index is -1.23. The van der Waals surface area contributed by atoms with Crippen LogP contribution in [0.1, 0.15) is 54.5 Å². The minimum absolute atomic E-state index is 0.0539. The lowest BCUT2D eigenvalue weighted by Gasteiger charge is -2.33. The third kappa shape index (κ3) is 5.15. The average molecular weight is 491 g/mol. The zero-order valence-electron chi connectivity index (χ0n) is 19.7. The van der Waals surface area contributed by atoms with Crippen molar-refractivity contribution < 1.29 is 28.3 Å². The van der Waals surface area contributed by atoms with E-state index in [1.54, 1.807) is 6.92 Å². The molecule has 188 valence electrons. The first-order valence-electron chi connectivity index (χ1n) is 11.1. The molecule has 0 saturated carbocycles. The van der Waals surface area contributed by atoms with E-state index < -0.39 is 51.9 Å². The smallest absolute Gasteiger partial charge is 0.311 e. The van der Waals surface area contributed by atoms with Gasteiger partial charge in [0.25, 0.3) is 11.5 Å². The second-order valence-corrected chi connectivity index (χ2v) is 8.57. The van der Waals surface area contributed by atoms with Crippen LogP contribution >= 0.6 is 0 Å². The van der Waals surface area contributed by atoms with Gasteiger partial charge in [0.15, 0.2) is 17.3 Å². The number of carbonyl (C=O) groups excluding carboxylic acids is 3. The highest BCUT2D eigenvalue weighted by Crippen LogP contribution is 2.33. The molecule has 1 aliphatic rings. The monoisotopic (exact) mass is 491 g/mol. The number of hydrogen-bond acceptors (Lipinski definition) is 6. The van der Waals surface area contributed by atoms with Gasteiger partial charge >= 0.3 is 11.8 Å². The predicted octanol–water partition coefficient (Wildman–Crippen LogP) is 1.15. The number of aromatic nitrogens is 2. The molecular formula is C23H27F2N5O5. The molecule has 0 spiro atoms. The summed E-state index contributed by atoms with van der Waals surface area (Å²) in [7, 11) is 2.86. The van der Waals surface area contributed by atoms with E-state index >= 15 is 0 Å². The lowest BCUT2D eigenvalue weighted by molar-refractivity contribution is -0.145. The van der Waals surface area contributed by atoms with Crippen LogP contribution in [0.2, 0.25) is 0 Å². The number of amides is 3. The number of rotatable bonds is 5. The van der Waals surface area contributed by atoms with Crippen molar-refractivity contribution in [1.29, 1.82) is 0 Å². The highest BCUT2D eigenvalue weighted by Gasteiger charge is 2.41. The van der Waals surface area contributed by atoms with Gasteiger partial charge in [-0.3, -0.25) is 23.7 Å². The van der Waals surface area contributed by atoms with Crippen molar-refractivity contribution in [2.45, 2.75) is 51.2 Å². The number of nitrogens with one attached hydrogen (secondary N) is 2. The molecule has 2 heterocycles. The highest BCUT2D eigenvalue weighted by molar-refractivity contribution is 6.35. The zero-order valence-corrected chi connectivity index (χ0v) is 19.7. The van der Waals surface area contributed by atoms with Gasteiger partial charge in [0, 0.05) is 27.2 Å². The van der Waals surface area contributed by atoms with Crippen LogP contribution in [0.4, 0.5) is 8.78 Å². The molecule has 1 aromatic heterocycles. The van der Waals surface area contributed by atoms with Gasteiger partial charge in [-0.25, -0.2) is 13.8 Å². The number of carbonyl (C=O) groups is 3. The summed E-state index contributed by atoms with van der Waals surface area (Å²) >= 11 is 0. The van der Waals surface area contributed by atoms with Gasteiger partial charge in [-0.2, -0.15) is 0 Å². The molecule has 0 saturated heterocycles. The van der Waals surface area contributed by atoms with E-state index in [-0.39, 0.29) is 30.9 Å². The fraction of sp³-hybridized carbons (Fsp3) is 0.435. The zero-order chi connectivity index (χ0) is 25.9. The lowest BCUT2D eigenvalue weighted by Crippen LogP contribution is -2.53. The van der Waals surface area contributed by atoms with E-state index in [0.29, 0.717) is 19.3 Å². The van der Waals surface area contributed by atoms with Crippen LogP contribution in [0, 0.1) is 11.6 Å². The number of halogens is 2. The highest BCUT2D eigenvalue weighted by atomic mass is 19.2. The fourth-order valence-corrected chi connectivity index (χ4v) is 4.02. The van der Waals surface area contributed by atoms with E-state index in [2.05, 4.69) is 15.6 Å². The van der Waals surface area contributed by atoms with Gasteiger partial charge in [-0.1, -0.05) is 13.0 Å². The van der Waals surface area contributed by atoms with E-state index in [1.807, 2.05) is 0 Å². The predicted molar refractivity (Wildman–Crippen MR) is 120 cm³/mol. The molecule has 0 fully saturated rings. The largest absolute Gasteiger partial charge is 0.501 e. The van der Waals surface area contributed by atoms with Crippen molar-refractivity contribution in [1.82, 2.24) is 25.1 Å². The molecule has 0 radical (unpaired) electrons. The summed E-state index contributed by atoms with van der Waals surface area (Å²) in [6, 6.07) is 3.10. The summed E-state index contributed by atoms with van der Waals surface area (Å²) in [4.78, 5) is 56.1. The van der Waals surface area contributed by atoms with E-state index in [9.17, 15) is 33.1 Å². The van der Waals surface area contributed by atoms with E-state index in [0.717, 1.165) is 17.0 Å². The second-order valence-electron chi connectivity index (χ2n) is 8.57. The molecule has 2 aromatic rings. The standard InChI is InChI=1S/C23H27F2N5O5/c1-4-23(28-19(33)21(35)29(2)3)9-5-6-10-30-20(34)17(31)16(27-22(23)30)18(32)26-12-13-7-8-14(24)15(25)11-13/h7-8,11,31H,4-6,9-10,12H2,1-3H3,(H,26,32)(H,28,33). The third-order valence-corrected chi connectivity index (χ3v) is 6.02. The Bertz CT molecular complexity index is 1230. The van der Waals surface area contributed by atoms with Gasteiger partial charge in [-0.05, 0) is 43.4 Å². The van der Waals surface area contributed by atoms with E-state index in [1.165, 1.54) is 24.7 Å². The van der Waals surface area contributed by atoms with E-state index in [4.69, 9.17) is 0 Å². The summed E-state index contributed by atoms with van der Waals surface area (Å²) in [5.74, 6) is -5.55. The van der Waals surface area contributed by atoms with Crippen LogP contribution in [-0.4, -0.2) is 51.4 Å². The maximum Gasteiger partial charge on any atom is 0.311 e. The molecule has 12 heteroatoms. The minimum Gasteiger partial charge on any atom is -0.501 e. The molecule has 1 atom stereocenters. The van der Waals surface area contributed by atoms with Crippen molar-refractivity contribution in [3.05, 3.63) is 57.3 Å². The van der Waals surface area contributed by atoms with Crippen molar-refractivity contribution in [2.75, 3.05) is 14.1 Å². The van der Waals surface area contributed by atoms with Crippen molar-refractivity contribution >= 4 is 17.7 Å². The summed E-state index contributed by atoms with van der Waals surface area (Å²) in [5.41, 5.74) is -2.42. The van der Waals surface area contributed by atoms with Crippen LogP contribution < -0.4 is 16.2 Å². The first-order chi connectivity index (χ1) is 16.5. The Balaban J connectivity index is 2.00. The molecule has 3 rings (SSSR count). The molecule has 10 nitrogen and oxygen atoms in total. The van der Waals surface area contributed by atoms with Crippen molar-refractivity contribution in [2.24, 2.45) is 0 Å². The number of fused-ring (bicyclic) bond motifs is 1. The fourth-order valence-electron chi connectivity index (χ4n) is 4.02. The normalized spacial score (nSPS) is 17.2. The topological polar surface area (TPSA) is 134 Å². The molecule has 1 unspecified atom stereocenters. The first kappa shape index (κ1) is 25.8. The quantitative estimate of drug-likeness (QED) is 0.538. The molecule has 1 aliphatic heterocycles. The Kier molecular flexibility index (Phi) is 7.51. The Labute approximate surface area is 200 Å². The number of likely N-dealkylation sites (N-methyl/N-ethyl adjacent to an activating group) is 1. The molecule has 1 aromatic carbocycles. The summed E-state index contributed by atoms with van der Waals surface area (Å²) in [5, 5.41) is 15.6. The summed E-state index contributed by atoms with van der Waals surface area (Å²) in [6.07, 6.45) is 1.75. The van der Waals surface area contributed by atoms with Gasteiger partial charge in [0.05, 0.1) is 5.54 Å². The number of hydrogen-bond donors (Lipinski definition) is 3. The Morgan fingerprint density at radius 1 is 1.20 bits per heavy atom. The Hall–Kier alpha value is -3.83. The van der Waals surface area contributed by atoms with Crippen LogP contribution in [0.5, 0.6) is 5.75 Å². The van der Waals surface area contributed by atoms with Crippen molar-refractivity contribution in [3.8, 4) is 5.75 Å². The number of benzene rings is 1. The van der Waals surface area contributed by atoms with Gasteiger partial charge in [0.1, 0.15) is 5.82 Å². The Morgan fingerprint density at radius 2 is 1.91 bits per heavy atom.